The van der Waals surface area contributed by atoms with E-state index in [1.165, 1.54) is 6.20 Å². The number of nitrogens with one attached hydrogen (secondary N) is 1. The van der Waals surface area contributed by atoms with Gasteiger partial charge in [0.25, 0.3) is 11.3 Å². The molecule has 1 fully saturated rings. The molecule has 11 heteroatoms. The highest BCUT2D eigenvalue weighted by Crippen LogP contribution is 2.32. The van der Waals surface area contributed by atoms with Crippen LogP contribution in [-0.4, -0.2) is 54.9 Å². The molecule has 2 aliphatic rings. The van der Waals surface area contributed by atoms with Gasteiger partial charge in [-0.15, -0.1) is 0 Å². The number of pyridine rings is 1. The number of anilines is 1. The Kier molecular flexibility index (Phi) is 7.05. The molecular weight excluding hydrogens is 462 g/mol. The van der Waals surface area contributed by atoms with E-state index in [1.807, 2.05) is 12.1 Å². The van der Waals surface area contributed by atoms with Gasteiger partial charge in [-0.25, -0.2) is 13.5 Å². The van der Waals surface area contributed by atoms with Crippen LogP contribution in [0.2, 0.25) is 0 Å². The second-order valence-electron chi connectivity index (χ2n) is 8.37. The number of rotatable bonds is 6. The van der Waals surface area contributed by atoms with Gasteiger partial charge in [0.2, 0.25) is 12.2 Å². The van der Waals surface area contributed by atoms with E-state index in [1.54, 1.807) is 37.3 Å². The third kappa shape index (κ3) is 4.72. The van der Waals surface area contributed by atoms with Crippen molar-refractivity contribution in [2.24, 2.45) is 11.8 Å². The molecule has 0 radical (unpaired) electrons. The molecule has 2 heterocycles. The van der Waals surface area contributed by atoms with Crippen molar-refractivity contribution in [1.29, 1.82) is 0 Å². The van der Waals surface area contributed by atoms with Crippen molar-refractivity contribution in [2.45, 2.75) is 44.6 Å². The number of Topliss-reactive ketones (excluding diaryl/α,β-unsaturated/α-hetero) is 1. The predicted molar refractivity (Wildman–Crippen MR) is 123 cm³/mol. The fraction of sp³-hybridized carbons (Fsp3) is 0.391. The topological polar surface area (TPSA) is 146 Å². The number of esters is 1. The molecule has 0 saturated carbocycles. The summed E-state index contributed by atoms with van der Waals surface area (Å²) >= 11 is -2.56. The van der Waals surface area contributed by atoms with Crippen LogP contribution >= 0.6 is 0 Å². The Morgan fingerprint density at radius 2 is 1.97 bits per heavy atom. The number of ether oxygens (including phenoxy) is 1. The summed E-state index contributed by atoms with van der Waals surface area (Å²) in [5.41, 5.74) is 0. The number of nitrogens with zero attached hydrogens (tertiary/aromatic N) is 2. The summed E-state index contributed by atoms with van der Waals surface area (Å²) in [5, 5.41) is 13.8. The largest absolute Gasteiger partial charge is 0.434 e. The lowest BCUT2D eigenvalue weighted by Gasteiger charge is -2.31. The minimum absolute atomic E-state index is 0.162. The standard InChI is InChI=1S/C23H25N3O7S/c1-13(22(29)25-17-12-19(27)33-23(17)30)15-7-4-5-9-18(20(15)28)26(34(31)32)21-16-8-3-2-6-14(16)10-11-24-21/h2-6,8,10-11,13,15,17-18,23,30H,7,9,12H2,1H3,(H,25,29)(H,31,32). The first-order valence-electron chi connectivity index (χ1n) is 10.9. The Balaban J connectivity index is 1.61. The van der Waals surface area contributed by atoms with Crippen molar-refractivity contribution < 1.29 is 33.0 Å². The number of hydrogen-bond donors (Lipinski definition) is 3. The molecular formula is C23H25N3O7S. The quantitative estimate of drug-likeness (QED) is 0.315. The average molecular weight is 488 g/mol. The maximum Gasteiger partial charge on any atom is 0.310 e. The van der Waals surface area contributed by atoms with Crippen LogP contribution in [0.5, 0.6) is 0 Å². The number of cyclic esters (lactones) is 1. The van der Waals surface area contributed by atoms with Gasteiger partial charge in [-0.2, -0.15) is 0 Å². The van der Waals surface area contributed by atoms with Gasteiger partial charge in [0.1, 0.15) is 12.1 Å². The summed E-state index contributed by atoms with van der Waals surface area (Å²) in [6, 6.07) is 7.08. The van der Waals surface area contributed by atoms with Crippen molar-refractivity contribution in [3.8, 4) is 0 Å². The number of aliphatic hydroxyl groups is 1. The molecule has 1 amide bonds. The molecule has 180 valence electrons. The molecule has 1 aromatic heterocycles. The number of aliphatic hydroxyl groups excluding tert-OH is 1. The molecule has 1 aliphatic carbocycles. The lowest BCUT2D eigenvalue weighted by Crippen LogP contribution is -2.49. The van der Waals surface area contributed by atoms with Crippen molar-refractivity contribution in [3.05, 3.63) is 48.7 Å². The molecule has 2 aromatic rings. The molecule has 34 heavy (non-hydrogen) atoms. The van der Waals surface area contributed by atoms with E-state index >= 15 is 0 Å². The number of ketones is 1. The summed E-state index contributed by atoms with van der Waals surface area (Å²) in [7, 11) is 0. The number of allylic oxidation sites excluding steroid dienone is 1. The third-order valence-electron chi connectivity index (χ3n) is 6.25. The fourth-order valence-electron chi connectivity index (χ4n) is 4.38. The Hall–Kier alpha value is -3.15. The van der Waals surface area contributed by atoms with Gasteiger partial charge in [0.15, 0.2) is 11.6 Å². The molecule has 4 rings (SSSR count). The first-order valence-corrected chi connectivity index (χ1v) is 11.9. The molecule has 6 unspecified atom stereocenters. The highest BCUT2D eigenvalue weighted by atomic mass is 32.2. The van der Waals surface area contributed by atoms with Crippen LogP contribution in [0.3, 0.4) is 0 Å². The number of amides is 1. The normalized spacial score (nSPS) is 26.6. The third-order valence-corrected chi connectivity index (χ3v) is 7.01. The fourth-order valence-corrected chi connectivity index (χ4v) is 5.08. The molecule has 0 spiro atoms. The number of hydrogen-bond acceptors (Lipinski definition) is 7. The van der Waals surface area contributed by atoms with E-state index in [4.69, 9.17) is 0 Å². The van der Waals surface area contributed by atoms with Crippen LogP contribution in [0.4, 0.5) is 5.82 Å². The maximum atomic E-state index is 13.6. The Morgan fingerprint density at radius 3 is 2.68 bits per heavy atom. The summed E-state index contributed by atoms with van der Waals surface area (Å²) < 4.78 is 28.4. The van der Waals surface area contributed by atoms with Crippen LogP contribution < -0.4 is 9.62 Å². The van der Waals surface area contributed by atoms with E-state index in [-0.39, 0.29) is 30.9 Å². The second-order valence-corrected chi connectivity index (χ2v) is 9.22. The number of fused-ring (bicyclic) bond motifs is 1. The van der Waals surface area contributed by atoms with Gasteiger partial charge in [0.05, 0.1) is 6.42 Å². The van der Waals surface area contributed by atoms with E-state index in [9.17, 15) is 28.3 Å². The second kappa shape index (κ2) is 10.00. The first-order chi connectivity index (χ1) is 16.3. The van der Waals surface area contributed by atoms with E-state index in [0.29, 0.717) is 5.39 Å². The van der Waals surface area contributed by atoms with Crippen molar-refractivity contribution in [1.82, 2.24) is 10.3 Å². The Morgan fingerprint density at radius 1 is 1.24 bits per heavy atom. The average Bonchev–Trinajstić information content (AvgIpc) is 3.01. The summed E-state index contributed by atoms with van der Waals surface area (Å²) in [5.74, 6) is -2.93. The van der Waals surface area contributed by atoms with Crippen LogP contribution in [0.1, 0.15) is 26.2 Å². The van der Waals surface area contributed by atoms with Gasteiger partial charge < -0.3 is 15.2 Å². The zero-order valence-electron chi connectivity index (χ0n) is 18.4. The number of carbonyl (C=O) groups excluding carboxylic acids is 3. The predicted octanol–water partition coefficient (Wildman–Crippen LogP) is 1.47. The van der Waals surface area contributed by atoms with Crippen LogP contribution in [0, 0.1) is 11.8 Å². The van der Waals surface area contributed by atoms with Crippen molar-refractivity contribution >= 4 is 45.5 Å². The van der Waals surface area contributed by atoms with Gasteiger partial charge >= 0.3 is 5.97 Å². The Labute approximate surface area is 198 Å². The zero-order valence-corrected chi connectivity index (χ0v) is 19.2. The zero-order chi connectivity index (χ0) is 24.4. The molecule has 1 aromatic carbocycles. The van der Waals surface area contributed by atoms with E-state index in [0.717, 1.165) is 9.69 Å². The maximum absolute atomic E-state index is 13.6. The van der Waals surface area contributed by atoms with E-state index in [2.05, 4.69) is 15.0 Å². The van der Waals surface area contributed by atoms with Crippen molar-refractivity contribution in [3.63, 3.8) is 0 Å². The summed E-state index contributed by atoms with van der Waals surface area (Å²) in [6.07, 6.45) is 3.88. The van der Waals surface area contributed by atoms with Crippen LogP contribution in [0.15, 0.2) is 48.7 Å². The van der Waals surface area contributed by atoms with E-state index < -0.39 is 53.4 Å². The minimum Gasteiger partial charge on any atom is -0.434 e. The number of benzene rings is 1. The molecule has 0 bridgehead atoms. The van der Waals surface area contributed by atoms with Gasteiger partial charge in [-0.05, 0) is 24.3 Å². The molecule has 10 nitrogen and oxygen atoms in total. The first kappa shape index (κ1) is 24.0. The Bertz CT molecular complexity index is 1160. The summed E-state index contributed by atoms with van der Waals surface area (Å²) in [6.45, 7) is 1.58. The highest BCUT2D eigenvalue weighted by molar-refractivity contribution is 7.80. The van der Waals surface area contributed by atoms with Crippen LogP contribution in [0.25, 0.3) is 10.8 Å². The monoisotopic (exact) mass is 487 g/mol. The van der Waals surface area contributed by atoms with Gasteiger partial charge in [0, 0.05) is 23.4 Å². The minimum atomic E-state index is -2.56. The molecule has 1 aliphatic heterocycles. The lowest BCUT2D eigenvalue weighted by atomic mass is 9.84. The van der Waals surface area contributed by atoms with Crippen LogP contribution in [-0.2, 0) is 30.4 Å². The summed E-state index contributed by atoms with van der Waals surface area (Å²) in [4.78, 5) is 42.2. The number of aromatic nitrogens is 1. The van der Waals surface area contributed by atoms with Crippen molar-refractivity contribution in [2.75, 3.05) is 4.31 Å². The highest BCUT2D eigenvalue weighted by Gasteiger charge is 2.41. The molecule has 3 N–H and O–H groups in total. The smallest absolute Gasteiger partial charge is 0.310 e. The molecule has 6 atom stereocenters. The lowest BCUT2D eigenvalue weighted by molar-refractivity contribution is -0.155. The van der Waals surface area contributed by atoms with Gasteiger partial charge in [-0.3, -0.25) is 18.9 Å². The SMILES string of the molecule is CC(C(=O)NC1CC(=O)OC1O)C1CC=CCC(N(c2nccc3ccccc23)S(=O)O)C1=O. The van der Waals surface area contributed by atoms with Gasteiger partial charge in [-0.1, -0.05) is 43.3 Å². The number of carbonyl (C=O) groups is 3. The molecule has 1 saturated heterocycles.